The largest absolute Gasteiger partial charge is 0.367 e. The van der Waals surface area contributed by atoms with E-state index in [0.717, 1.165) is 0 Å². The fourth-order valence-corrected chi connectivity index (χ4v) is 10.4. The minimum Gasteiger partial charge on any atom is -0.367 e. The first-order valence-corrected chi connectivity index (χ1v) is 15.5. The van der Waals surface area contributed by atoms with E-state index < -0.39 is 0 Å². The van der Waals surface area contributed by atoms with Crippen molar-refractivity contribution in [3.05, 3.63) is 103 Å². The van der Waals surface area contributed by atoms with Crippen LogP contribution >= 0.6 is 22.7 Å². The van der Waals surface area contributed by atoms with Crippen LogP contribution in [0.1, 0.15) is 5.56 Å². The monoisotopic (exact) mass is 542 g/mol. The maximum absolute atomic E-state index is 2.70. The highest BCUT2D eigenvalue weighted by Crippen LogP contribution is 2.48. The van der Waals surface area contributed by atoms with Gasteiger partial charge >= 0.3 is 6.85 Å². The highest BCUT2D eigenvalue weighted by atomic mass is 32.1. The SMILES string of the molecule is Cc1cc2c3c(c1)-n1c4sc5ccccc5c4c4cccc(c41)B3n1c3sc4ccccc4c3c3cccc-2c31. The third-order valence-electron chi connectivity index (χ3n) is 9.34. The van der Waals surface area contributed by atoms with Gasteiger partial charge in [0.2, 0.25) is 0 Å². The molecule has 0 unspecified atom stereocenters. The Labute approximate surface area is 237 Å². The van der Waals surface area contributed by atoms with E-state index in [-0.39, 0.29) is 6.85 Å². The summed E-state index contributed by atoms with van der Waals surface area (Å²) in [5.74, 6) is 0. The molecule has 0 saturated carbocycles. The van der Waals surface area contributed by atoms with E-state index in [1.165, 1.54) is 95.7 Å². The lowest BCUT2D eigenvalue weighted by atomic mass is 9.45. The van der Waals surface area contributed by atoms with Gasteiger partial charge in [-0.25, -0.2) is 0 Å². The van der Waals surface area contributed by atoms with Crippen molar-refractivity contribution >= 4 is 103 Å². The fourth-order valence-electron chi connectivity index (χ4n) is 7.94. The van der Waals surface area contributed by atoms with E-state index in [2.05, 4.69) is 113 Å². The van der Waals surface area contributed by atoms with E-state index in [9.17, 15) is 0 Å². The van der Waals surface area contributed by atoms with Gasteiger partial charge in [0, 0.05) is 58.5 Å². The van der Waals surface area contributed by atoms with E-state index in [1.807, 2.05) is 22.7 Å². The van der Waals surface area contributed by atoms with Crippen molar-refractivity contribution in [3.63, 3.8) is 0 Å². The van der Waals surface area contributed by atoms with Crippen LogP contribution in [0.3, 0.4) is 0 Å². The molecule has 5 aromatic carbocycles. The van der Waals surface area contributed by atoms with Gasteiger partial charge in [-0.3, -0.25) is 0 Å². The highest BCUT2D eigenvalue weighted by molar-refractivity contribution is 7.26. The standard InChI is InChI=1S/C35H19BN2S2/c1-18-16-24-19-10-6-11-22-30-21-9-3-5-15-28(21)40-35(30)38(32(19)22)36-25-13-7-12-23-29-20-8-2-4-14-27(20)39-34(29)37(33(23)25)26(17-18)31(24)36/h2-17H,1H3. The Kier molecular flexibility index (Phi) is 3.44. The zero-order valence-electron chi connectivity index (χ0n) is 21.5. The van der Waals surface area contributed by atoms with E-state index >= 15 is 0 Å². The molecule has 0 bridgehead atoms. The van der Waals surface area contributed by atoms with Crippen LogP contribution in [0.5, 0.6) is 0 Å². The minimum absolute atomic E-state index is 0.139. The normalized spacial score (nSPS) is 13.6. The Bertz CT molecular complexity index is 2630. The van der Waals surface area contributed by atoms with Crippen molar-refractivity contribution < 1.29 is 0 Å². The number of hydrogen-bond donors (Lipinski definition) is 0. The van der Waals surface area contributed by atoms with Crippen molar-refractivity contribution in [3.8, 4) is 16.8 Å². The van der Waals surface area contributed by atoms with E-state index in [0.29, 0.717) is 0 Å². The second-order valence-electron chi connectivity index (χ2n) is 11.4. The third-order valence-corrected chi connectivity index (χ3v) is 11.7. The quantitative estimate of drug-likeness (QED) is 0.170. The zero-order chi connectivity index (χ0) is 25.9. The number of nitrogens with zero attached hydrogens (tertiary/aromatic N) is 2. The number of thiophene rings is 2. The predicted molar refractivity (Wildman–Crippen MR) is 175 cm³/mol. The summed E-state index contributed by atoms with van der Waals surface area (Å²) in [6.45, 7) is 2.40. The maximum atomic E-state index is 2.70. The van der Waals surface area contributed by atoms with Gasteiger partial charge in [0.05, 0.1) is 10.3 Å². The Morgan fingerprint density at radius 3 is 2.05 bits per heavy atom. The summed E-state index contributed by atoms with van der Waals surface area (Å²) in [5, 5.41) is 8.28. The molecule has 2 aliphatic rings. The van der Waals surface area contributed by atoms with Crippen molar-refractivity contribution in [1.29, 1.82) is 0 Å². The first-order chi connectivity index (χ1) is 19.8. The van der Waals surface area contributed by atoms with Gasteiger partial charge in [-0.05, 0) is 47.2 Å². The highest BCUT2D eigenvalue weighted by Gasteiger charge is 2.42. The summed E-state index contributed by atoms with van der Waals surface area (Å²) in [5.41, 5.74) is 11.0. The molecule has 4 aromatic heterocycles. The molecule has 0 saturated heterocycles. The van der Waals surface area contributed by atoms with Crippen LogP contribution in [0.25, 0.3) is 79.2 Å². The van der Waals surface area contributed by atoms with Crippen molar-refractivity contribution in [2.75, 3.05) is 0 Å². The van der Waals surface area contributed by atoms with E-state index in [4.69, 9.17) is 0 Å². The molecule has 0 aliphatic carbocycles. The van der Waals surface area contributed by atoms with E-state index in [1.54, 1.807) is 0 Å². The lowest BCUT2D eigenvalue weighted by molar-refractivity contribution is 1.18. The number of aromatic nitrogens is 2. The number of benzene rings is 5. The summed E-state index contributed by atoms with van der Waals surface area (Å²) in [6.07, 6.45) is 0. The molecule has 2 aliphatic heterocycles. The van der Waals surface area contributed by atoms with Gasteiger partial charge in [0.1, 0.15) is 4.83 Å². The molecule has 0 atom stereocenters. The van der Waals surface area contributed by atoms with Crippen LogP contribution in [0.4, 0.5) is 0 Å². The predicted octanol–water partition coefficient (Wildman–Crippen LogP) is 8.58. The molecule has 0 amide bonds. The molecule has 2 nitrogen and oxygen atoms in total. The summed E-state index contributed by atoms with van der Waals surface area (Å²) in [7, 11) is 0. The minimum atomic E-state index is 0.139. The molecule has 40 heavy (non-hydrogen) atoms. The average Bonchev–Trinajstić information content (AvgIpc) is 3.71. The third kappa shape index (κ3) is 2.14. The van der Waals surface area contributed by atoms with Crippen LogP contribution in [-0.4, -0.2) is 15.9 Å². The number of rotatable bonds is 0. The molecular formula is C35H19BN2S2. The maximum Gasteiger partial charge on any atom is 0.333 e. The molecule has 0 spiro atoms. The van der Waals surface area contributed by atoms with Gasteiger partial charge in [-0.2, -0.15) is 0 Å². The van der Waals surface area contributed by atoms with Gasteiger partial charge in [-0.15, -0.1) is 22.7 Å². The Balaban J connectivity index is 1.42. The molecule has 6 heterocycles. The number of hydrogen-bond acceptors (Lipinski definition) is 2. The lowest BCUT2D eigenvalue weighted by Gasteiger charge is -2.34. The first kappa shape index (κ1) is 20.6. The smallest absolute Gasteiger partial charge is 0.333 e. The van der Waals surface area contributed by atoms with Gasteiger partial charge in [0.15, 0.2) is 0 Å². The summed E-state index contributed by atoms with van der Waals surface area (Å²) < 4.78 is 8.02. The van der Waals surface area contributed by atoms with Crippen molar-refractivity contribution in [2.24, 2.45) is 0 Å². The van der Waals surface area contributed by atoms with Crippen molar-refractivity contribution in [1.82, 2.24) is 9.05 Å². The topological polar surface area (TPSA) is 9.86 Å². The average molecular weight is 542 g/mol. The van der Waals surface area contributed by atoms with Crippen LogP contribution in [0.2, 0.25) is 0 Å². The summed E-state index contributed by atoms with van der Waals surface area (Å²) in [4.78, 5) is 2.74. The van der Waals surface area contributed by atoms with Gasteiger partial charge in [-0.1, -0.05) is 78.9 Å². The number of para-hydroxylation sites is 2. The van der Waals surface area contributed by atoms with Gasteiger partial charge < -0.3 is 9.05 Å². The molecule has 9 aromatic rings. The zero-order valence-corrected chi connectivity index (χ0v) is 23.2. The second-order valence-corrected chi connectivity index (χ2v) is 13.4. The van der Waals surface area contributed by atoms with Crippen molar-refractivity contribution in [2.45, 2.75) is 6.92 Å². The molecular weight excluding hydrogens is 523 g/mol. The molecule has 184 valence electrons. The number of fused-ring (bicyclic) bond motifs is 14. The summed E-state index contributed by atoms with van der Waals surface area (Å²) in [6, 6.07) is 36.7. The fraction of sp³-hybridized carbons (Fsp3) is 0.0286. The Morgan fingerprint density at radius 2 is 1.25 bits per heavy atom. The van der Waals surface area contributed by atoms with Crippen LogP contribution < -0.4 is 10.9 Å². The Morgan fingerprint density at radius 1 is 0.600 bits per heavy atom. The Hall–Kier alpha value is -4.32. The van der Waals surface area contributed by atoms with Crippen LogP contribution in [0.15, 0.2) is 97.1 Å². The first-order valence-electron chi connectivity index (χ1n) is 13.8. The number of aryl methyl sites for hydroxylation is 1. The second kappa shape index (κ2) is 6.69. The molecule has 11 rings (SSSR count). The molecule has 5 heteroatoms. The molecule has 0 fully saturated rings. The summed E-state index contributed by atoms with van der Waals surface area (Å²) >= 11 is 3.87. The van der Waals surface area contributed by atoms with Crippen LogP contribution in [0, 0.1) is 6.92 Å². The van der Waals surface area contributed by atoms with Crippen LogP contribution in [-0.2, 0) is 0 Å². The molecule has 0 N–H and O–H groups in total. The van der Waals surface area contributed by atoms with Gasteiger partial charge in [0.25, 0.3) is 0 Å². The molecule has 0 radical (unpaired) electrons. The lowest BCUT2D eigenvalue weighted by Crippen LogP contribution is -2.55.